The van der Waals surface area contributed by atoms with Gasteiger partial charge in [0.2, 0.25) is 5.78 Å². The van der Waals surface area contributed by atoms with Crippen LogP contribution in [-0.2, 0) is 0 Å². The Labute approximate surface area is 432 Å². The van der Waals surface area contributed by atoms with Crippen LogP contribution < -0.4 is 31.6 Å². The van der Waals surface area contributed by atoms with Crippen molar-refractivity contribution >= 4 is 105 Å². The van der Waals surface area contributed by atoms with E-state index in [1.165, 1.54) is 85.6 Å². The summed E-state index contributed by atoms with van der Waals surface area (Å²) in [4.78, 5) is 38.0. The number of likely N-dealkylation sites (tertiary alicyclic amines) is 2. The molecule has 12 nitrogen and oxygen atoms in total. The van der Waals surface area contributed by atoms with Crippen molar-refractivity contribution < 1.29 is 19.1 Å². The lowest BCUT2D eigenvalue weighted by Crippen LogP contribution is -2.30. The highest BCUT2D eigenvalue weighted by atomic mass is 79.9. The number of aliphatic imine (C=N–C) groups is 1. The van der Waals surface area contributed by atoms with Gasteiger partial charge in [-0.25, -0.2) is 4.98 Å². The number of hydrogen-bond donors (Lipinski definition) is 4. The summed E-state index contributed by atoms with van der Waals surface area (Å²) in [7, 11) is 4.30. The van der Waals surface area contributed by atoms with Crippen LogP contribution in [0.1, 0.15) is 107 Å². The molecule has 2 saturated carbocycles. The highest BCUT2D eigenvalue weighted by molar-refractivity contribution is 9.09. The smallest absolute Gasteiger partial charge is 0.206 e. The number of halogens is 1. The lowest BCUT2D eigenvalue weighted by molar-refractivity contribution is 0.102. The molecule has 2 saturated heterocycles. The molecular formula is C52H66BrN8O4PS3. The monoisotopic (exact) mass is 1070 g/mol. The first-order valence-electron chi connectivity index (χ1n) is 23.5. The van der Waals surface area contributed by atoms with E-state index in [-0.39, 0.29) is 27.3 Å². The van der Waals surface area contributed by atoms with E-state index in [2.05, 4.69) is 72.6 Å². The molecule has 69 heavy (non-hydrogen) atoms. The second-order valence-corrected chi connectivity index (χ2v) is 20.8. The van der Waals surface area contributed by atoms with Crippen molar-refractivity contribution in [1.29, 1.82) is 0 Å². The van der Waals surface area contributed by atoms with Crippen molar-refractivity contribution in [3.8, 4) is 11.5 Å². The second-order valence-electron chi connectivity index (χ2n) is 17.6. The van der Waals surface area contributed by atoms with E-state index < -0.39 is 0 Å². The highest BCUT2D eigenvalue weighted by Crippen LogP contribution is 2.41. The number of nitrogen functional groups attached to an aromatic ring is 1. The first-order chi connectivity index (χ1) is 33.0. The number of nitrogens with one attached hydrogen (secondary N) is 2. The zero-order chi connectivity index (χ0) is 48.0. The van der Waals surface area contributed by atoms with Crippen LogP contribution in [0.4, 0.5) is 22.3 Å². The van der Waals surface area contributed by atoms with Crippen LogP contribution in [0, 0.1) is 0 Å². The standard InChI is InChI=1S/C25H28N4O2S.C16H24N4OS2.C11H11BrO.H3P/c1-29-13-3-6-20(29)15-31-21-11-9-19(10-12-21)27-25-28-24(26)23(32-25)22(30)18-5-2-4-17(14-18)16-7-8-16;1-3-23-15(17)19-16(22)18-12-6-8-14(9-7-12)21-11-13-5-4-10-20(13)2;12-7-11(13)10-3-1-2-9(6-10)8-4-5-8;/h2,4-5,9-12,14,16,20H,3,6-8,13,15,26H2,1H3,(H,27,28);6-9,13H,3-5,10-11H2,1-2H3,(H3,17,18,19,22);1-3,6,8H,4-5,7H2;1H3/t;13-;;/m.0../s1. The van der Waals surface area contributed by atoms with Gasteiger partial charge in [-0.3, -0.25) is 9.59 Å². The van der Waals surface area contributed by atoms with Gasteiger partial charge < -0.3 is 41.4 Å². The van der Waals surface area contributed by atoms with E-state index in [0.717, 1.165) is 59.8 Å². The number of nitrogens with zero attached hydrogens (tertiary/aromatic N) is 4. The molecule has 2 aliphatic heterocycles. The fourth-order valence-corrected chi connectivity index (χ4v) is 9.99. The molecule has 6 N–H and O–H groups in total. The summed E-state index contributed by atoms with van der Waals surface area (Å²) in [5, 5.41) is 8.17. The molecule has 2 unspecified atom stereocenters. The fraction of sp³-hybridized carbons (Fsp3) is 0.404. The molecule has 4 fully saturated rings. The van der Waals surface area contributed by atoms with Gasteiger partial charge in [-0.1, -0.05) is 82.4 Å². The summed E-state index contributed by atoms with van der Waals surface area (Å²) in [5.74, 6) is 4.28. The minimum atomic E-state index is -0.0730. The molecule has 368 valence electrons. The number of anilines is 4. The average molecular weight is 1070 g/mol. The van der Waals surface area contributed by atoms with E-state index >= 15 is 0 Å². The lowest BCUT2D eigenvalue weighted by Gasteiger charge is -2.19. The quantitative estimate of drug-likeness (QED) is 0.0185. The Balaban J connectivity index is 0.000000184. The number of ketones is 2. The van der Waals surface area contributed by atoms with Crippen molar-refractivity contribution in [3.05, 3.63) is 124 Å². The topological polar surface area (TPSA) is 160 Å². The van der Waals surface area contributed by atoms with Gasteiger partial charge in [0.1, 0.15) is 35.4 Å². The molecular weight excluding hydrogens is 1010 g/mol. The van der Waals surface area contributed by atoms with E-state index in [4.69, 9.17) is 33.2 Å². The molecule has 0 radical (unpaired) electrons. The fourth-order valence-electron chi connectivity index (χ4n) is 8.08. The van der Waals surface area contributed by atoms with Crippen LogP contribution in [-0.4, -0.2) is 100 Å². The van der Waals surface area contributed by atoms with E-state index in [1.54, 1.807) is 0 Å². The number of thiazole rings is 1. The number of carbonyl (C=O) groups is 2. The maximum absolute atomic E-state index is 13.0. The summed E-state index contributed by atoms with van der Waals surface area (Å²) < 4.78 is 11.8. The van der Waals surface area contributed by atoms with Gasteiger partial charge in [-0.2, -0.15) is 14.9 Å². The van der Waals surface area contributed by atoms with E-state index in [0.29, 0.717) is 55.8 Å². The molecule has 0 bridgehead atoms. The average Bonchev–Trinajstić information content (AvgIpc) is 4.27. The third-order valence-electron chi connectivity index (χ3n) is 12.4. The maximum atomic E-state index is 13.0. The first-order valence-corrected chi connectivity index (χ1v) is 26.8. The lowest BCUT2D eigenvalue weighted by atomic mass is 10.0. The summed E-state index contributed by atoms with van der Waals surface area (Å²) in [6.45, 7) is 5.76. The molecule has 9 rings (SSSR count). The zero-order valence-corrected chi connectivity index (χ0v) is 45.3. The Morgan fingerprint density at radius 2 is 1.33 bits per heavy atom. The normalized spacial score (nSPS) is 17.9. The number of amidine groups is 1. The van der Waals surface area contributed by atoms with Crippen LogP contribution in [0.3, 0.4) is 0 Å². The minimum Gasteiger partial charge on any atom is -0.492 e. The Kier molecular flexibility index (Phi) is 20.9. The Morgan fingerprint density at radius 3 is 1.83 bits per heavy atom. The van der Waals surface area contributed by atoms with Gasteiger partial charge in [-0.15, -0.1) is 0 Å². The minimum absolute atomic E-state index is 0. The summed E-state index contributed by atoms with van der Waals surface area (Å²) in [6.07, 6.45) is 9.86. The Morgan fingerprint density at radius 1 is 0.812 bits per heavy atom. The summed E-state index contributed by atoms with van der Waals surface area (Å²) >= 11 is 11.1. The third-order valence-corrected chi connectivity index (χ3v) is 14.7. The number of aromatic nitrogens is 1. The maximum Gasteiger partial charge on any atom is 0.206 e. The highest BCUT2D eigenvalue weighted by Gasteiger charge is 2.26. The summed E-state index contributed by atoms with van der Waals surface area (Å²) in [6, 6.07) is 32.4. The van der Waals surface area contributed by atoms with Gasteiger partial charge in [0.15, 0.2) is 21.2 Å². The zero-order valence-electron chi connectivity index (χ0n) is 39.8. The van der Waals surface area contributed by atoms with Crippen molar-refractivity contribution in [2.45, 2.75) is 82.2 Å². The molecule has 0 spiro atoms. The number of carbonyl (C=O) groups excluding carboxylic acids is 2. The molecule has 3 atom stereocenters. The number of ether oxygens (including phenoxy) is 2. The van der Waals surface area contributed by atoms with Crippen LogP contribution >= 0.6 is 61.1 Å². The predicted octanol–water partition coefficient (Wildman–Crippen LogP) is 11.2. The van der Waals surface area contributed by atoms with Gasteiger partial charge in [-0.05, 0) is 180 Å². The number of Topliss-reactive ketones (excluding diaryl/α,β-unsaturated/α-hetero) is 1. The molecule has 5 aromatic rings. The van der Waals surface area contributed by atoms with Crippen molar-refractivity contribution in [1.82, 2.24) is 14.8 Å². The van der Waals surface area contributed by atoms with Crippen LogP contribution in [0.25, 0.3) is 0 Å². The molecule has 17 heteroatoms. The number of thiocarbonyl (C=S) groups is 1. The molecule has 4 aromatic carbocycles. The Hall–Kier alpha value is -4.41. The number of hydrogen-bond acceptors (Lipinski definition) is 12. The van der Waals surface area contributed by atoms with Crippen molar-refractivity contribution in [3.63, 3.8) is 0 Å². The first kappa shape index (κ1) is 53.9. The molecule has 0 amide bonds. The van der Waals surface area contributed by atoms with Crippen LogP contribution in [0.5, 0.6) is 11.5 Å². The summed E-state index contributed by atoms with van der Waals surface area (Å²) in [5.41, 5.74) is 17.6. The number of nitrogens with two attached hydrogens (primary N) is 2. The number of likely N-dealkylation sites (N-methyl/N-ethyl adjacent to an activating group) is 2. The van der Waals surface area contributed by atoms with Crippen molar-refractivity contribution in [2.75, 3.05) is 67.8 Å². The number of thioether (sulfide) groups is 1. The number of benzene rings is 4. The molecule has 4 aliphatic rings. The van der Waals surface area contributed by atoms with Gasteiger partial charge in [0.05, 0.1) is 5.33 Å². The van der Waals surface area contributed by atoms with Gasteiger partial charge >= 0.3 is 0 Å². The Bertz CT molecular complexity index is 2500. The predicted molar refractivity (Wildman–Crippen MR) is 300 cm³/mol. The molecule has 1 aromatic heterocycles. The van der Waals surface area contributed by atoms with Gasteiger partial charge in [0.25, 0.3) is 0 Å². The molecule has 2 aliphatic carbocycles. The largest absolute Gasteiger partial charge is 0.492 e. The van der Waals surface area contributed by atoms with Gasteiger partial charge in [0, 0.05) is 34.6 Å². The van der Waals surface area contributed by atoms with Crippen molar-refractivity contribution in [2.24, 2.45) is 10.7 Å². The van der Waals surface area contributed by atoms with E-state index in [1.807, 2.05) is 91.9 Å². The third kappa shape index (κ3) is 16.6. The van der Waals surface area contributed by atoms with Crippen LogP contribution in [0.2, 0.25) is 0 Å². The number of alkyl halides is 1. The molecule has 3 heterocycles. The van der Waals surface area contributed by atoms with E-state index in [9.17, 15) is 9.59 Å². The number of rotatable bonds is 16. The second kappa shape index (κ2) is 26.7. The van der Waals surface area contributed by atoms with Crippen LogP contribution in [0.15, 0.2) is 102 Å². The SMILES string of the molecule is CCSC(N)=NC(=S)Nc1ccc(OC[C@@H]2CCCN2C)cc1.CN1CCCC1COc1ccc(Nc2nc(N)c(C(=O)c3cccc(C4CC4)c3)s2)cc1.O=C(CBr)c1cccc(C2CC2)c1.P.